The van der Waals surface area contributed by atoms with Gasteiger partial charge in [-0.05, 0) is 51.4 Å². The molecule has 0 aliphatic carbocycles. The summed E-state index contributed by atoms with van der Waals surface area (Å²) < 4.78 is 6.44. The first-order chi connectivity index (χ1) is 14.3. The molecule has 0 unspecified atom stereocenters. The van der Waals surface area contributed by atoms with Gasteiger partial charge in [0.2, 0.25) is 0 Å². The summed E-state index contributed by atoms with van der Waals surface area (Å²) >= 11 is 6.42. The Bertz CT molecular complexity index is 1320. The molecule has 0 aromatic heterocycles. The van der Waals surface area contributed by atoms with E-state index in [0.29, 0.717) is 0 Å². The molecule has 0 spiro atoms. The predicted octanol–water partition coefficient (Wildman–Crippen LogP) is 7.93. The summed E-state index contributed by atoms with van der Waals surface area (Å²) in [5.41, 5.74) is 3.58. The Kier molecular flexibility index (Phi) is 3.65. The lowest BCUT2D eigenvalue weighted by atomic mass is 9.78. The highest BCUT2D eigenvalue weighted by atomic mass is 35.5. The van der Waals surface area contributed by atoms with E-state index in [1.807, 2.05) is 12.1 Å². The Balaban J connectivity index is 1.76. The van der Waals surface area contributed by atoms with Crippen molar-refractivity contribution in [1.82, 2.24) is 0 Å². The topological polar surface area (TPSA) is 9.23 Å². The summed E-state index contributed by atoms with van der Waals surface area (Å²) in [4.78, 5) is 0. The zero-order valence-electron chi connectivity index (χ0n) is 15.6. The molecule has 29 heavy (non-hydrogen) atoms. The van der Waals surface area contributed by atoms with Crippen LogP contribution in [0.15, 0.2) is 97.1 Å². The molecular weight excluding hydrogens is 376 g/mol. The Hall–Kier alpha value is -3.29. The highest BCUT2D eigenvalue weighted by molar-refractivity contribution is 6.30. The third-order valence-electron chi connectivity index (χ3n) is 5.84. The minimum Gasteiger partial charge on any atom is -0.457 e. The standard InChI is InChI=1S/C27H17ClO/c28-20-9-5-8-19(16-20)25-26-21-10-3-1-6-17(21)12-14-23(26)29-24-15-13-18-7-2-4-11-22(18)27(24)25/h1-16,25H. The first-order valence-corrected chi connectivity index (χ1v) is 10.1. The first kappa shape index (κ1) is 16.6. The van der Waals surface area contributed by atoms with Gasteiger partial charge in [-0.3, -0.25) is 0 Å². The highest BCUT2D eigenvalue weighted by Gasteiger charge is 2.32. The van der Waals surface area contributed by atoms with Gasteiger partial charge >= 0.3 is 0 Å². The fraction of sp³-hybridized carbons (Fsp3) is 0.0370. The third kappa shape index (κ3) is 2.55. The van der Waals surface area contributed by atoms with Crippen LogP contribution in [0.5, 0.6) is 11.5 Å². The van der Waals surface area contributed by atoms with Gasteiger partial charge in [-0.1, -0.05) is 84.4 Å². The normalized spacial score (nSPS) is 13.1. The first-order valence-electron chi connectivity index (χ1n) is 9.76. The fourth-order valence-corrected chi connectivity index (χ4v) is 4.81. The van der Waals surface area contributed by atoms with Crippen molar-refractivity contribution in [3.05, 3.63) is 119 Å². The SMILES string of the molecule is Clc1cccc(C2c3c(ccc4ccccc34)Oc3ccc4ccccc4c32)c1. The molecule has 1 nitrogen and oxygen atoms in total. The van der Waals surface area contributed by atoms with Crippen LogP contribution in [-0.2, 0) is 0 Å². The maximum Gasteiger partial charge on any atom is 0.132 e. The number of hydrogen-bond donors (Lipinski definition) is 0. The lowest BCUT2D eigenvalue weighted by molar-refractivity contribution is 0.456. The van der Waals surface area contributed by atoms with Crippen LogP contribution >= 0.6 is 11.6 Å². The van der Waals surface area contributed by atoms with Crippen molar-refractivity contribution in [2.24, 2.45) is 0 Å². The van der Waals surface area contributed by atoms with Gasteiger partial charge in [0.15, 0.2) is 0 Å². The van der Waals surface area contributed by atoms with Crippen LogP contribution in [0, 0.1) is 0 Å². The molecule has 1 aliphatic heterocycles. The molecule has 0 fully saturated rings. The summed E-state index contributed by atoms with van der Waals surface area (Å²) in [6, 6.07) is 33.7. The number of benzene rings is 5. The second kappa shape index (κ2) is 6.37. The van der Waals surface area contributed by atoms with E-state index in [4.69, 9.17) is 16.3 Å². The molecular formula is C27H17ClO. The van der Waals surface area contributed by atoms with E-state index >= 15 is 0 Å². The maximum absolute atomic E-state index is 6.44. The molecule has 0 N–H and O–H groups in total. The van der Waals surface area contributed by atoms with Crippen molar-refractivity contribution in [2.75, 3.05) is 0 Å². The van der Waals surface area contributed by atoms with Gasteiger partial charge in [-0.15, -0.1) is 0 Å². The summed E-state index contributed by atoms with van der Waals surface area (Å²) in [5, 5.41) is 5.61. The average molecular weight is 393 g/mol. The molecule has 138 valence electrons. The van der Waals surface area contributed by atoms with Crippen LogP contribution in [0.1, 0.15) is 22.6 Å². The summed E-state index contributed by atoms with van der Waals surface area (Å²) in [5.74, 6) is 1.87. The van der Waals surface area contributed by atoms with E-state index in [2.05, 4.69) is 84.9 Å². The van der Waals surface area contributed by atoms with Crippen LogP contribution in [0.4, 0.5) is 0 Å². The fourth-order valence-electron chi connectivity index (χ4n) is 4.61. The van der Waals surface area contributed by atoms with Gasteiger partial charge in [0, 0.05) is 22.1 Å². The molecule has 6 rings (SSSR count). The maximum atomic E-state index is 6.44. The van der Waals surface area contributed by atoms with Gasteiger partial charge in [-0.2, -0.15) is 0 Å². The Morgan fingerprint density at radius 1 is 0.586 bits per heavy atom. The molecule has 0 radical (unpaired) electrons. The van der Waals surface area contributed by atoms with Gasteiger partial charge in [0.25, 0.3) is 0 Å². The van der Waals surface area contributed by atoms with E-state index in [1.54, 1.807) is 0 Å². The van der Waals surface area contributed by atoms with Gasteiger partial charge in [0.05, 0.1) is 0 Å². The highest BCUT2D eigenvalue weighted by Crippen LogP contribution is 2.52. The lowest BCUT2D eigenvalue weighted by Gasteiger charge is -2.31. The number of rotatable bonds is 1. The minimum atomic E-state index is 0.0460. The minimum absolute atomic E-state index is 0.0460. The van der Waals surface area contributed by atoms with Gasteiger partial charge in [0.1, 0.15) is 11.5 Å². The van der Waals surface area contributed by atoms with E-state index in [9.17, 15) is 0 Å². The molecule has 0 atom stereocenters. The van der Waals surface area contributed by atoms with Crippen molar-refractivity contribution in [1.29, 1.82) is 0 Å². The van der Waals surface area contributed by atoms with Crippen LogP contribution in [-0.4, -0.2) is 0 Å². The second-order valence-corrected chi connectivity index (χ2v) is 7.92. The zero-order chi connectivity index (χ0) is 19.4. The largest absolute Gasteiger partial charge is 0.457 e. The van der Waals surface area contributed by atoms with Crippen molar-refractivity contribution in [3.63, 3.8) is 0 Å². The predicted molar refractivity (Wildman–Crippen MR) is 120 cm³/mol. The average Bonchev–Trinajstić information content (AvgIpc) is 2.77. The Morgan fingerprint density at radius 3 is 1.76 bits per heavy atom. The van der Waals surface area contributed by atoms with Gasteiger partial charge in [-0.25, -0.2) is 0 Å². The molecule has 2 heteroatoms. The molecule has 0 bridgehead atoms. The van der Waals surface area contributed by atoms with Crippen LogP contribution in [0.25, 0.3) is 21.5 Å². The Labute approximate surface area is 174 Å². The third-order valence-corrected chi connectivity index (χ3v) is 6.08. The van der Waals surface area contributed by atoms with Crippen molar-refractivity contribution >= 4 is 33.1 Å². The zero-order valence-corrected chi connectivity index (χ0v) is 16.4. The Morgan fingerprint density at radius 2 is 1.17 bits per heavy atom. The van der Waals surface area contributed by atoms with E-state index < -0.39 is 0 Å². The molecule has 0 saturated carbocycles. The van der Waals surface area contributed by atoms with Crippen molar-refractivity contribution < 1.29 is 4.74 Å². The van der Waals surface area contributed by atoms with Crippen molar-refractivity contribution in [3.8, 4) is 11.5 Å². The summed E-state index contributed by atoms with van der Waals surface area (Å²) in [7, 11) is 0. The van der Waals surface area contributed by atoms with Gasteiger partial charge < -0.3 is 4.74 Å². The number of hydrogen-bond acceptors (Lipinski definition) is 1. The number of halogens is 1. The monoisotopic (exact) mass is 392 g/mol. The van der Waals surface area contributed by atoms with E-state index in [0.717, 1.165) is 16.5 Å². The molecule has 5 aromatic carbocycles. The van der Waals surface area contributed by atoms with Crippen LogP contribution in [0.2, 0.25) is 5.02 Å². The number of ether oxygens (including phenoxy) is 1. The second-order valence-electron chi connectivity index (χ2n) is 7.49. The quantitative estimate of drug-likeness (QED) is 0.276. The molecule has 0 amide bonds. The lowest BCUT2D eigenvalue weighted by Crippen LogP contribution is -2.13. The van der Waals surface area contributed by atoms with E-state index in [1.165, 1.54) is 38.2 Å². The molecule has 1 heterocycles. The summed E-state index contributed by atoms with van der Waals surface area (Å²) in [6.07, 6.45) is 0. The smallest absolute Gasteiger partial charge is 0.132 e. The van der Waals surface area contributed by atoms with Crippen molar-refractivity contribution in [2.45, 2.75) is 5.92 Å². The van der Waals surface area contributed by atoms with Crippen LogP contribution in [0.3, 0.4) is 0 Å². The molecule has 1 aliphatic rings. The number of fused-ring (bicyclic) bond motifs is 6. The van der Waals surface area contributed by atoms with Crippen LogP contribution < -0.4 is 4.74 Å². The summed E-state index contributed by atoms with van der Waals surface area (Å²) in [6.45, 7) is 0. The molecule has 5 aromatic rings. The molecule has 0 saturated heterocycles. The van der Waals surface area contributed by atoms with E-state index in [-0.39, 0.29) is 5.92 Å².